The zero-order valence-corrected chi connectivity index (χ0v) is 14.2. The molecule has 4 rings (SSSR count). The van der Waals surface area contributed by atoms with Crippen molar-refractivity contribution < 1.29 is 9.59 Å². The molecule has 5 nitrogen and oxygen atoms in total. The maximum atomic E-state index is 12.6. The smallest absolute Gasteiger partial charge is 0.241 e. The fourth-order valence-corrected chi connectivity index (χ4v) is 4.48. The average molecular weight is 327 g/mol. The van der Waals surface area contributed by atoms with Crippen LogP contribution in [-0.2, 0) is 16.0 Å². The summed E-state index contributed by atoms with van der Waals surface area (Å²) in [5.41, 5.74) is 2.91. The fourth-order valence-electron chi connectivity index (χ4n) is 4.48. The number of hydrogen-bond donors (Lipinski definition) is 2. The highest BCUT2D eigenvalue weighted by molar-refractivity contribution is 5.98. The van der Waals surface area contributed by atoms with Crippen molar-refractivity contribution in [3.63, 3.8) is 0 Å². The molecular weight excluding hydrogens is 302 g/mol. The number of hydrogen-bond acceptors (Lipinski definition) is 3. The number of nitrogens with one attached hydrogen (secondary N) is 2. The number of aryl methyl sites for hydroxylation is 1. The van der Waals surface area contributed by atoms with E-state index in [2.05, 4.69) is 10.6 Å². The van der Waals surface area contributed by atoms with Crippen LogP contribution < -0.4 is 15.5 Å². The summed E-state index contributed by atoms with van der Waals surface area (Å²) in [6.07, 6.45) is 7.27. The molecule has 3 atom stereocenters. The molecule has 1 aromatic carbocycles. The van der Waals surface area contributed by atoms with Crippen molar-refractivity contribution in [1.82, 2.24) is 5.32 Å². The number of carbonyl (C=O) groups is 2. The molecule has 0 bridgehead atoms. The van der Waals surface area contributed by atoms with E-state index in [9.17, 15) is 9.59 Å². The third kappa shape index (κ3) is 2.81. The van der Waals surface area contributed by atoms with Crippen LogP contribution in [0.15, 0.2) is 18.2 Å². The molecule has 0 radical (unpaired) electrons. The average Bonchev–Trinajstić information content (AvgIpc) is 3.02. The number of rotatable bonds is 2. The summed E-state index contributed by atoms with van der Waals surface area (Å²) in [7, 11) is 1.81. The molecule has 128 valence electrons. The zero-order chi connectivity index (χ0) is 16.7. The Morgan fingerprint density at radius 1 is 1.25 bits per heavy atom. The molecule has 2 N–H and O–H groups in total. The first-order chi connectivity index (χ1) is 11.6. The van der Waals surface area contributed by atoms with E-state index < -0.39 is 0 Å². The van der Waals surface area contributed by atoms with Gasteiger partial charge in [-0.15, -0.1) is 0 Å². The minimum Gasteiger partial charge on any atom is -0.325 e. The van der Waals surface area contributed by atoms with Crippen LogP contribution in [0.25, 0.3) is 0 Å². The first-order valence-electron chi connectivity index (χ1n) is 9.08. The second-order valence-corrected chi connectivity index (χ2v) is 7.39. The lowest BCUT2D eigenvalue weighted by molar-refractivity contribution is -0.119. The highest BCUT2D eigenvalue weighted by atomic mass is 16.2. The van der Waals surface area contributed by atoms with Crippen LogP contribution in [-0.4, -0.2) is 30.9 Å². The molecule has 1 aromatic rings. The molecule has 24 heavy (non-hydrogen) atoms. The van der Waals surface area contributed by atoms with Crippen LogP contribution in [0, 0.1) is 5.92 Å². The highest BCUT2D eigenvalue weighted by Crippen LogP contribution is 2.34. The lowest BCUT2D eigenvalue weighted by atomic mass is 9.85. The van der Waals surface area contributed by atoms with Crippen molar-refractivity contribution in [3.05, 3.63) is 23.8 Å². The Bertz CT molecular complexity index is 659. The van der Waals surface area contributed by atoms with E-state index >= 15 is 0 Å². The lowest BCUT2D eigenvalue weighted by Gasteiger charge is -2.26. The quantitative estimate of drug-likeness (QED) is 0.877. The molecule has 2 fully saturated rings. The number of benzene rings is 1. The maximum Gasteiger partial charge on any atom is 0.241 e. The molecule has 3 aliphatic rings. The summed E-state index contributed by atoms with van der Waals surface area (Å²) in [5.74, 6) is 0.888. The van der Waals surface area contributed by atoms with Gasteiger partial charge in [-0.1, -0.05) is 12.8 Å². The molecule has 0 unspecified atom stereocenters. The Labute approximate surface area is 142 Å². The van der Waals surface area contributed by atoms with Gasteiger partial charge in [0.25, 0.3) is 0 Å². The van der Waals surface area contributed by atoms with Crippen molar-refractivity contribution in [3.8, 4) is 0 Å². The van der Waals surface area contributed by atoms with E-state index in [1.807, 2.05) is 25.2 Å². The first kappa shape index (κ1) is 15.6. The van der Waals surface area contributed by atoms with Crippen LogP contribution in [0.1, 0.15) is 44.1 Å². The maximum absolute atomic E-state index is 12.6. The summed E-state index contributed by atoms with van der Waals surface area (Å²) < 4.78 is 0. The van der Waals surface area contributed by atoms with E-state index in [4.69, 9.17) is 0 Å². The van der Waals surface area contributed by atoms with Gasteiger partial charge in [-0.05, 0) is 55.4 Å². The SMILES string of the molecule is CN1C(=O)CCc2cc(NC(=O)[C@@H]3C[C@@H]4CCCC[C@H]4N3)ccc21. The Balaban J connectivity index is 1.44. The van der Waals surface area contributed by atoms with Gasteiger partial charge in [-0.25, -0.2) is 0 Å². The predicted octanol–water partition coefficient (Wildman–Crippen LogP) is 2.45. The predicted molar refractivity (Wildman–Crippen MR) is 94.1 cm³/mol. The molecule has 0 aromatic heterocycles. The zero-order valence-electron chi connectivity index (χ0n) is 14.2. The van der Waals surface area contributed by atoms with Gasteiger partial charge in [0.2, 0.25) is 11.8 Å². The third-order valence-electron chi connectivity index (χ3n) is 5.87. The van der Waals surface area contributed by atoms with Crippen LogP contribution in [0.5, 0.6) is 0 Å². The van der Waals surface area contributed by atoms with E-state index in [0.717, 1.165) is 29.8 Å². The second kappa shape index (κ2) is 6.20. The monoisotopic (exact) mass is 327 g/mol. The Hall–Kier alpha value is -1.88. The van der Waals surface area contributed by atoms with E-state index in [1.165, 1.54) is 25.7 Å². The summed E-state index contributed by atoms with van der Waals surface area (Å²) >= 11 is 0. The summed E-state index contributed by atoms with van der Waals surface area (Å²) in [6.45, 7) is 0. The topological polar surface area (TPSA) is 61.4 Å². The number of anilines is 2. The van der Waals surface area contributed by atoms with E-state index in [0.29, 0.717) is 18.4 Å². The molecule has 2 heterocycles. The van der Waals surface area contributed by atoms with E-state index in [1.54, 1.807) is 4.90 Å². The number of amides is 2. The Kier molecular flexibility index (Phi) is 4.04. The number of fused-ring (bicyclic) bond motifs is 2. The second-order valence-electron chi connectivity index (χ2n) is 7.39. The van der Waals surface area contributed by atoms with Crippen molar-refractivity contribution in [2.45, 2.75) is 57.0 Å². The van der Waals surface area contributed by atoms with Crippen molar-refractivity contribution >= 4 is 23.2 Å². The van der Waals surface area contributed by atoms with Crippen LogP contribution >= 0.6 is 0 Å². The van der Waals surface area contributed by atoms with Gasteiger partial charge < -0.3 is 15.5 Å². The Morgan fingerprint density at radius 3 is 2.92 bits per heavy atom. The molecule has 2 amide bonds. The molecule has 1 saturated carbocycles. The van der Waals surface area contributed by atoms with Gasteiger partial charge in [0.1, 0.15) is 0 Å². The molecule has 0 spiro atoms. The third-order valence-corrected chi connectivity index (χ3v) is 5.87. The first-order valence-corrected chi connectivity index (χ1v) is 9.08. The lowest BCUT2D eigenvalue weighted by Crippen LogP contribution is -2.40. The van der Waals surface area contributed by atoms with E-state index in [-0.39, 0.29) is 17.9 Å². The highest BCUT2D eigenvalue weighted by Gasteiger charge is 2.38. The minimum absolute atomic E-state index is 0.0709. The van der Waals surface area contributed by atoms with Gasteiger partial charge in [0.05, 0.1) is 6.04 Å². The minimum atomic E-state index is -0.0709. The van der Waals surface area contributed by atoms with Gasteiger partial charge in [0, 0.05) is 30.9 Å². The molecular formula is C19H25N3O2. The molecule has 1 saturated heterocycles. The number of carbonyl (C=O) groups excluding carboxylic acids is 2. The normalized spacial score (nSPS) is 29.1. The largest absolute Gasteiger partial charge is 0.325 e. The van der Waals surface area contributed by atoms with Crippen LogP contribution in [0.2, 0.25) is 0 Å². The number of nitrogens with zero attached hydrogens (tertiary/aromatic N) is 1. The molecule has 1 aliphatic carbocycles. The van der Waals surface area contributed by atoms with Crippen molar-refractivity contribution in [2.75, 3.05) is 17.3 Å². The Morgan fingerprint density at radius 2 is 2.08 bits per heavy atom. The van der Waals surface area contributed by atoms with Gasteiger partial charge in [0.15, 0.2) is 0 Å². The van der Waals surface area contributed by atoms with Gasteiger partial charge in [-0.2, -0.15) is 0 Å². The van der Waals surface area contributed by atoms with Crippen LogP contribution in [0.3, 0.4) is 0 Å². The van der Waals surface area contributed by atoms with Gasteiger partial charge >= 0.3 is 0 Å². The van der Waals surface area contributed by atoms with Crippen LogP contribution in [0.4, 0.5) is 11.4 Å². The molecule has 2 aliphatic heterocycles. The molecule has 5 heteroatoms. The van der Waals surface area contributed by atoms with Crippen molar-refractivity contribution in [2.24, 2.45) is 5.92 Å². The fraction of sp³-hybridized carbons (Fsp3) is 0.579. The summed E-state index contributed by atoms with van der Waals surface area (Å²) in [6, 6.07) is 6.30. The summed E-state index contributed by atoms with van der Waals surface area (Å²) in [5, 5.41) is 6.59. The standard InChI is InChI=1S/C19H25N3O2/c1-22-17-8-7-14(10-13(17)6-9-18(22)23)20-19(24)16-11-12-4-2-3-5-15(12)21-16/h7-8,10,12,15-16,21H,2-6,9,11H2,1H3,(H,20,24)/t12-,15+,16-/m0/s1. The van der Waals surface area contributed by atoms with Gasteiger partial charge in [-0.3, -0.25) is 9.59 Å². The summed E-state index contributed by atoms with van der Waals surface area (Å²) in [4.78, 5) is 26.1. The van der Waals surface area contributed by atoms with Crippen molar-refractivity contribution in [1.29, 1.82) is 0 Å².